The second kappa shape index (κ2) is 20.3. The van der Waals surface area contributed by atoms with E-state index in [0.717, 1.165) is 5.56 Å². The first-order valence-electron chi connectivity index (χ1n) is 16.9. The summed E-state index contributed by atoms with van der Waals surface area (Å²) in [7, 11) is 0. The van der Waals surface area contributed by atoms with Gasteiger partial charge in [-0.1, -0.05) is 74.5 Å². The molecule has 0 radical (unpaired) electrons. The van der Waals surface area contributed by atoms with Crippen molar-refractivity contribution in [1.82, 2.24) is 36.6 Å². The Kier molecular flexibility index (Phi) is 15.9. The predicted molar refractivity (Wildman–Crippen MR) is 190 cm³/mol. The van der Waals surface area contributed by atoms with Gasteiger partial charge >= 0.3 is 5.97 Å². The maximum Gasteiger partial charge on any atom is 0.326 e. The zero-order valence-electron chi connectivity index (χ0n) is 29.4. The van der Waals surface area contributed by atoms with Gasteiger partial charge in [-0.05, 0) is 36.8 Å². The third-order valence-corrected chi connectivity index (χ3v) is 7.99. The van der Waals surface area contributed by atoms with E-state index in [0.29, 0.717) is 11.3 Å². The van der Waals surface area contributed by atoms with Crippen LogP contribution in [0, 0.1) is 5.92 Å². The number of aliphatic hydroxyl groups excluding tert-OH is 1. The molecule has 3 rings (SSSR count). The van der Waals surface area contributed by atoms with E-state index in [1.165, 1.54) is 19.4 Å². The van der Waals surface area contributed by atoms with Crippen LogP contribution in [-0.2, 0) is 48.0 Å². The van der Waals surface area contributed by atoms with Crippen LogP contribution in [0.15, 0.2) is 73.2 Å². The number of benzene rings is 2. The van der Waals surface area contributed by atoms with E-state index in [-0.39, 0.29) is 31.6 Å². The third-order valence-electron chi connectivity index (χ3n) is 7.99. The summed E-state index contributed by atoms with van der Waals surface area (Å²) in [6.45, 7) is 4.35. The van der Waals surface area contributed by atoms with E-state index in [1.54, 1.807) is 30.3 Å². The molecule has 0 aliphatic heterocycles. The number of carboxylic acids is 1. The minimum Gasteiger partial charge on any atom is -0.480 e. The molecule has 0 saturated carbocycles. The van der Waals surface area contributed by atoms with Crippen LogP contribution in [0.5, 0.6) is 0 Å². The molecule has 6 unspecified atom stereocenters. The zero-order chi connectivity index (χ0) is 38.2. The number of nitrogens with two attached hydrogens (primary N) is 1. The van der Waals surface area contributed by atoms with Crippen LogP contribution in [0.4, 0.5) is 0 Å². The first-order chi connectivity index (χ1) is 24.7. The Hall–Kier alpha value is -5.61. The average molecular weight is 721 g/mol. The van der Waals surface area contributed by atoms with Gasteiger partial charge in [0.15, 0.2) is 0 Å². The van der Waals surface area contributed by atoms with Gasteiger partial charge in [0.05, 0.1) is 25.0 Å². The minimum atomic E-state index is -1.56. The lowest BCUT2D eigenvalue weighted by Gasteiger charge is -2.27. The molecule has 16 nitrogen and oxygen atoms in total. The number of nitrogens with zero attached hydrogens (tertiary/aromatic N) is 1. The molecular weight excluding hydrogens is 672 g/mol. The summed E-state index contributed by atoms with van der Waals surface area (Å²) in [4.78, 5) is 84.4. The number of H-pyrrole nitrogens is 1. The Morgan fingerprint density at radius 3 is 1.85 bits per heavy atom. The second-order valence-electron chi connectivity index (χ2n) is 12.9. The molecule has 1 heterocycles. The number of aromatic amines is 1. The Morgan fingerprint density at radius 1 is 0.731 bits per heavy atom. The summed E-state index contributed by atoms with van der Waals surface area (Å²) in [5.41, 5.74) is 8.17. The molecule has 0 bridgehead atoms. The van der Waals surface area contributed by atoms with Crippen molar-refractivity contribution in [2.24, 2.45) is 11.7 Å². The molecule has 1 aromatic heterocycles. The van der Waals surface area contributed by atoms with Crippen LogP contribution in [0.2, 0.25) is 0 Å². The van der Waals surface area contributed by atoms with Crippen molar-refractivity contribution in [2.45, 2.75) is 82.8 Å². The SMILES string of the molecule is CC(C)CC(NC(=O)C(N)Cc1ccccc1)C(=O)NC(Cc1ccccc1)C(=O)NC(C(=O)NCC(=O)NC(Cc1cnc[nH]1)C(=O)O)C(C)O. The van der Waals surface area contributed by atoms with E-state index in [2.05, 4.69) is 36.6 Å². The number of carbonyl (C=O) groups is 6. The first-order valence-corrected chi connectivity index (χ1v) is 16.9. The zero-order valence-corrected chi connectivity index (χ0v) is 29.4. The summed E-state index contributed by atoms with van der Waals surface area (Å²) < 4.78 is 0. The summed E-state index contributed by atoms with van der Waals surface area (Å²) in [6, 6.07) is 11.9. The summed E-state index contributed by atoms with van der Waals surface area (Å²) in [5.74, 6) is -5.10. The van der Waals surface area contributed by atoms with Crippen LogP contribution < -0.4 is 32.3 Å². The van der Waals surface area contributed by atoms with E-state index < -0.39 is 78.4 Å². The Bertz CT molecular complexity index is 1620. The highest BCUT2D eigenvalue weighted by atomic mass is 16.4. The molecule has 3 aromatic rings. The van der Waals surface area contributed by atoms with Crippen molar-refractivity contribution < 1.29 is 39.0 Å². The molecule has 52 heavy (non-hydrogen) atoms. The number of amides is 5. The molecule has 2 aromatic carbocycles. The molecule has 0 spiro atoms. The van der Waals surface area contributed by atoms with Crippen molar-refractivity contribution in [3.8, 4) is 0 Å². The lowest BCUT2D eigenvalue weighted by Crippen LogP contribution is -2.60. The van der Waals surface area contributed by atoms with Gasteiger partial charge in [0.25, 0.3) is 0 Å². The van der Waals surface area contributed by atoms with Gasteiger partial charge < -0.3 is 47.5 Å². The molecule has 0 aliphatic rings. The predicted octanol–water partition coefficient (Wildman–Crippen LogP) is -0.668. The number of imidazole rings is 1. The quantitative estimate of drug-likeness (QED) is 0.0711. The van der Waals surface area contributed by atoms with Crippen molar-refractivity contribution in [3.63, 3.8) is 0 Å². The lowest BCUT2D eigenvalue weighted by molar-refractivity contribution is -0.141. The highest BCUT2D eigenvalue weighted by Gasteiger charge is 2.33. The van der Waals surface area contributed by atoms with Crippen molar-refractivity contribution in [1.29, 1.82) is 0 Å². The first kappa shape index (κ1) is 40.8. The number of hydrogen-bond acceptors (Lipinski definition) is 9. The van der Waals surface area contributed by atoms with Gasteiger partial charge in [0.1, 0.15) is 24.2 Å². The van der Waals surface area contributed by atoms with Gasteiger partial charge in [0.2, 0.25) is 29.5 Å². The normalized spacial score (nSPS) is 14.5. The van der Waals surface area contributed by atoms with Crippen LogP contribution in [-0.4, -0.2) is 98.5 Å². The Labute approximate surface area is 301 Å². The van der Waals surface area contributed by atoms with Crippen LogP contribution in [0.25, 0.3) is 0 Å². The number of nitrogens with one attached hydrogen (secondary N) is 6. The molecule has 0 fully saturated rings. The number of aliphatic hydroxyl groups is 1. The molecule has 16 heteroatoms. The molecule has 0 aliphatic carbocycles. The Balaban J connectivity index is 1.70. The van der Waals surface area contributed by atoms with Gasteiger partial charge in [-0.3, -0.25) is 24.0 Å². The second-order valence-corrected chi connectivity index (χ2v) is 12.9. The number of rotatable bonds is 20. The minimum absolute atomic E-state index is 0.00224. The number of aromatic nitrogens is 2. The number of aliphatic carboxylic acids is 1. The standard InChI is InChI=1S/C36H48N8O8/c1-21(2)14-27(42-32(47)26(37)15-23-10-6-4-7-11-23)33(48)43-28(16-24-12-8-5-9-13-24)34(49)44-31(22(3)45)35(50)39-19-30(46)41-29(36(51)52)17-25-18-38-20-40-25/h4-13,18,20-22,26-29,31,45H,14-17,19,37H2,1-3H3,(H,38,40)(H,39,50)(H,41,46)(H,42,47)(H,43,48)(H,44,49)(H,51,52). The Morgan fingerprint density at radius 2 is 1.31 bits per heavy atom. The third kappa shape index (κ3) is 13.6. The van der Waals surface area contributed by atoms with Crippen LogP contribution in [0.1, 0.15) is 44.0 Å². The maximum atomic E-state index is 13.7. The number of hydrogen-bond donors (Lipinski definition) is 9. The smallest absolute Gasteiger partial charge is 0.326 e. The molecule has 5 amide bonds. The van der Waals surface area contributed by atoms with Crippen LogP contribution in [0.3, 0.4) is 0 Å². The van der Waals surface area contributed by atoms with Crippen molar-refractivity contribution in [3.05, 3.63) is 90.0 Å². The molecule has 10 N–H and O–H groups in total. The molecule has 6 atom stereocenters. The fourth-order valence-electron chi connectivity index (χ4n) is 5.27. The molecule has 280 valence electrons. The number of carboxylic acid groups (broad SMARTS) is 1. The van der Waals surface area contributed by atoms with Crippen molar-refractivity contribution in [2.75, 3.05) is 6.54 Å². The monoisotopic (exact) mass is 720 g/mol. The van der Waals surface area contributed by atoms with E-state index in [4.69, 9.17) is 5.73 Å². The topological polar surface area (TPSA) is 258 Å². The van der Waals surface area contributed by atoms with Gasteiger partial charge in [-0.25, -0.2) is 9.78 Å². The van der Waals surface area contributed by atoms with E-state index in [9.17, 15) is 39.0 Å². The lowest BCUT2D eigenvalue weighted by atomic mass is 9.99. The largest absolute Gasteiger partial charge is 0.480 e. The fourth-order valence-corrected chi connectivity index (χ4v) is 5.27. The number of carbonyl (C=O) groups excluding carboxylic acids is 5. The van der Waals surface area contributed by atoms with Crippen molar-refractivity contribution >= 4 is 35.5 Å². The highest BCUT2D eigenvalue weighted by Crippen LogP contribution is 2.10. The highest BCUT2D eigenvalue weighted by molar-refractivity contribution is 5.96. The van der Waals surface area contributed by atoms with Gasteiger partial charge in [-0.2, -0.15) is 0 Å². The maximum absolute atomic E-state index is 13.7. The van der Waals surface area contributed by atoms with E-state index in [1.807, 2.05) is 44.2 Å². The van der Waals surface area contributed by atoms with Crippen LogP contribution >= 0.6 is 0 Å². The molecular formula is C36H48N8O8. The van der Waals surface area contributed by atoms with Gasteiger partial charge in [-0.15, -0.1) is 0 Å². The summed E-state index contributed by atoms with van der Waals surface area (Å²) in [6.07, 6.45) is 1.74. The summed E-state index contributed by atoms with van der Waals surface area (Å²) >= 11 is 0. The molecule has 0 saturated heterocycles. The van der Waals surface area contributed by atoms with E-state index >= 15 is 0 Å². The fraction of sp³-hybridized carbons (Fsp3) is 0.417. The van der Waals surface area contributed by atoms with Gasteiger partial charge in [0, 0.05) is 24.7 Å². The average Bonchev–Trinajstić information content (AvgIpc) is 3.62. The summed E-state index contributed by atoms with van der Waals surface area (Å²) in [5, 5.41) is 32.4.